The molecule has 140 valence electrons. The minimum atomic E-state index is -0.953. The topological polar surface area (TPSA) is 80.5 Å². The van der Waals surface area contributed by atoms with Crippen LogP contribution < -0.4 is 0 Å². The average Bonchev–Trinajstić information content (AvgIpc) is 2.99. The Morgan fingerprint density at radius 1 is 1.22 bits per heavy atom. The van der Waals surface area contributed by atoms with Crippen LogP contribution in [0.15, 0.2) is 36.7 Å². The van der Waals surface area contributed by atoms with Crippen LogP contribution in [0.4, 0.5) is 4.79 Å². The van der Waals surface area contributed by atoms with Crippen molar-refractivity contribution in [3.8, 4) is 5.69 Å². The van der Waals surface area contributed by atoms with E-state index in [9.17, 15) is 9.90 Å². The van der Waals surface area contributed by atoms with Crippen LogP contribution in [0.3, 0.4) is 0 Å². The van der Waals surface area contributed by atoms with Crippen molar-refractivity contribution in [3.63, 3.8) is 0 Å². The summed E-state index contributed by atoms with van der Waals surface area (Å²) in [7, 11) is 0. The number of carbonyl (C=O) groups is 1. The van der Waals surface area contributed by atoms with Crippen molar-refractivity contribution in [3.05, 3.63) is 52.5 Å². The monoisotopic (exact) mass is 406 g/mol. The third-order valence-corrected chi connectivity index (χ3v) is 5.28. The van der Waals surface area contributed by atoms with Crippen LogP contribution in [0.25, 0.3) is 16.7 Å². The number of hydrogen-bond acceptors (Lipinski definition) is 4. The Morgan fingerprint density at radius 3 is 2.67 bits per heavy atom. The molecule has 1 fully saturated rings. The summed E-state index contributed by atoms with van der Waals surface area (Å²) in [4.78, 5) is 21.3. The lowest BCUT2D eigenvalue weighted by molar-refractivity contribution is -0.0329. The predicted molar refractivity (Wildman–Crippen MR) is 102 cm³/mol. The number of benzene rings is 1. The Kier molecular flexibility index (Phi) is 4.67. The highest BCUT2D eigenvalue weighted by atomic mass is 35.5. The number of halogens is 2. The Morgan fingerprint density at radius 2 is 1.96 bits per heavy atom. The maximum absolute atomic E-state index is 11.6. The average molecular weight is 407 g/mol. The number of morpholine rings is 1. The lowest BCUT2D eigenvalue weighted by Crippen LogP contribution is -2.48. The second kappa shape index (κ2) is 6.99. The molecular weight excluding hydrogens is 391 g/mol. The summed E-state index contributed by atoms with van der Waals surface area (Å²) in [6.07, 6.45) is 0.433. The van der Waals surface area contributed by atoms with E-state index in [4.69, 9.17) is 27.9 Å². The molecule has 3 heterocycles. The first-order chi connectivity index (χ1) is 13.0. The zero-order valence-corrected chi connectivity index (χ0v) is 15.9. The van der Waals surface area contributed by atoms with Crippen molar-refractivity contribution in [2.75, 3.05) is 13.2 Å². The first kappa shape index (κ1) is 18.0. The molecule has 0 bridgehead atoms. The van der Waals surface area contributed by atoms with Gasteiger partial charge in [-0.05, 0) is 30.7 Å². The molecule has 1 aliphatic rings. The van der Waals surface area contributed by atoms with E-state index in [0.717, 1.165) is 11.3 Å². The highest BCUT2D eigenvalue weighted by Crippen LogP contribution is 2.32. The molecule has 2 aromatic heterocycles. The van der Waals surface area contributed by atoms with Crippen LogP contribution >= 0.6 is 23.2 Å². The van der Waals surface area contributed by atoms with Gasteiger partial charge in [-0.1, -0.05) is 35.3 Å². The molecule has 1 aromatic carbocycles. The van der Waals surface area contributed by atoms with E-state index in [0.29, 0.717) is 34.6 Å². The second-order valence-electron chi connectivity index (χ2n) is 6.39. The van der Waals surface area contributed by atoms with Crippen molar-refractivity contribution >= 4 is 40.3 Å². The van der Waals surface area contributed by atoms with Crippen LogP contribution in [0.5, 0.6) is 0 Å². The van der Waals surface area contributed by atoms with E-state index in [1.165, 1.54) is 11.2 Å². The summed E-state index contributed by atoms with van der Waals surface area (Å²) in [6.45, 7) is 2.56. The fourth-order valence-electron chi connectivity index (χ4n) is 3.44. The van der Waals surface area contributed by atoms with Gasteiger partial charge in [0.05, 0.1) is 30.7 Å². The molecule has 2 atom stereocenters. The van der Waals surface area contributed by atoms with Gasteiger partial charge in [0.1, 0.15) is 16.6 Å². The standard InChI is InChI=1S/C18H16Cl2N4O3/c1-10-7-27-8-14(23(10)18(25)26)11-2-4-12(5-3-11)24-15(19)6-13-16(20)21-9-22-17(13)24/h2-6,9-10,14H,7-8H2,1H3,(H,25,26)/t10-,14-/m0/s1. The highest BCUT2D eigenvalue weighted by molar-refractivity contribution is 6.36. The zero-order valence-electron chi connectivity index (χ0n) is 14.3. The smallest absolute Gasteiger partial charge is 0.408 e. The largest absolute Gasteiger partial charge is 0.465 e. The van der Waals surface area contributed by atoms with Gasteiger partial charge in [0, 0.05) is 5.69 Å². The molecule has 1 amide bonds. The van der Waals surface area contributed by atoms with Gasteiger partial charge >= 0.3 is 6.09 Å². The normalized spacial score (nSPS) is 20.2. The molecule has 1 saturated heterocycles. The minimum Gasteiger partial charge on any atom is -0.465 e. The van der Waals surface area contributed by atoms with E-state index < -0.39 is 6.09 Å². The van der Waals surface area contributed by atoms with Gasteiger partial charge in [0.25, 0.3) is 0 Å². The predicted octanol–water partition coefficient (Wildman–Crippen LogP) is 4.17. The van der Waals surface area contributed by atoms with Gasteiger partial charge in [-0.25, -0.2) is 14.8 Å². The third-order valence-electron chi connectivity index (χ3n) is 4.71. The van der Waals surface area contributed by atoms with Gasteiger partial charge in [-0.2, -0.15) is 0 Å². The van der Waals surface area contributed by atoms with Gasteiger partial charge in [-0.15, -0.1) is 0 Å². The lowest BCUT2D eigenvalue weighted by Gasteiger charge is -2.38. The van der Waals surface area contributed by atoms with E-state index in [1.54, 1.807) is 10.6 Å². The summed E-state index contributed by atoms with van der Waals surface area (Å²) in [5.74, 6) is 0. The van der Waals surface area contributed by atoms with E-state index >= 15 is 0 Å². The highest BCUT2D eigenvalue weighted by Gasteiger charge is 2.33. The minimum absolute atomic E-state index is 0.206. The number of nitrogens with zero attached hydrogens (tertiary/aromatic N) is 4. The summed E-state index contributed by atoms with van der Waals surface area (Å²) in [5.41, 5.74) is 2.25. The number of amides is 1. The van der Waals surface area contributed by atoms with Crippen LogP contribution in [0.1, 0.15) is 18.5 Å². The van der Waals surface area contributed by atoms with Crippen LogP contribution in [-0.2, 0) is 4.74 Å². The molecule has 0 spiro atoms. The third kappa shape index (κ3) is 3.12. The molecule has 4 rings (SSSR count). The number of aromatic nitrogens is 3. The second-order valence-corrected chi connectivity index (χ2v) is 7.13. The maximum atomic E-state index is 11.6. The summed E-state index contributed by atoms with van der Waals surface area (Å²) in [5, 5.41) is 11.0. The summed E-state index contributed by atoms with van der Waals surface area (Å²) >= 11 is 12.5. The molecule has 9 heteroatoms. The number of hydrogen-bond donors (Lipinski definition) is 1. The van der Waals surface area contributed by atoms with Crippen LogP contribution in [0, 0.1) is 0 Å². The Bertz CT molecular complexity index is 1010. The number of fused-ring (bicyclic) bond motifs is 1. The first-order valence-corrected chi connectivity index (χ1v) is 9.09. The molecule has 27 heavy (non-hydrogen) atoms. The molecule has 0 radical (unpaired) electrons. The molecule has 0 unspecified atom stereocenters. The lowest BCUT2D eigenvalue weighted by atomic mass is 10.0. The first-order valence-electron chi connectivity index (χ1n) is 8.34. The van der Waals surface area contributed by atoms with Gasteiger partial charge in [0.2, 0.25) is 0 Å². The van der Waals surface area contributed by atoms with Crippen molar-refractivity contribution < 1.29 is 14.6 Å². The molecule has 0 aliphatic carbocycles. The van der Waals surface area contributed by atoms with E-state index in [-0.39, 0.29) is 12.1 Å². The molecular formula is C18H16Cl2N4O3. The molecule has 3 aromatic rings. The zero-order chi connectivity index (χ0) is 19.1. The van der Waals surface area contributed by atoms with Crippen LogP contribution in [-0.4, -0.2) is 49.9 Å². The molecule has 7 nitrogen and oxygen atoms in total. The Labute approximate surface area is 165 Å². The molecule has 0 saturated carbocycles. The summed E-state index contributed by atoms with van der Waals surface area (Å²) < 4.78 is 7.33. The van der Waals surface area contributed by atoms with Gasteiger partial charge in [-0.3, -0.25) is 9.47 Å². The van der Waals surface area contributed by atoms with Crippen molar-refractivity contribution in [1.82, 2.24) is 19.4 Å². The Hall–Kier alpha value is -2.35. The van der Waals surface area contributed by atoms with Crippen LogP contribution in [0.2, 0.25) is 10.3 Å². The Balaban J connectivity index is 1.72. The number of rotatable bonds is 2. The number of carboxylic acid groups (broad SMARTS) is 1. The van der Waals surface area contributed by atoms with E-state index in [2.05, 4.69) is 9.97 Å². The SMILES string of the molecule is C[C@H]1COC[C@@H](c2ccc(-n3c(Cl)cc4c(Cl)ncnc43)cc2)N1C(=O)O. The van der Waals surface area contributed by atoms with Crippen molar-refractivity contribution in [2.24, 2.45) is 0 Å². The van der Waals surface area contributed by atoms with Crippen molar-refractivity contribution in [2.45, 2.75) is 19.0 Å². The fourth-order valence-corrected chi connectivity index (χ4v) is 3.91. The fraction of sp³-hybridized carbons (Fsp3) is 0.278. The molecule has 1 N–H and O–H groups in total. The molecule has 1 aliphatic heterocycles. The van der Waals surface area contributed by atoms with E-state index in [1.807, 2.05) is 31.2 Å². The summed E-state index contributed by atoms with van der Waals surface area (Å²) in [6, 6.07) is 8.66. The number of ether oxygens (including phenoxy) is 1. The van der Waals surface area contributed by atoms with Crippen molar-refractivity contribution in [1.29, 1.82) is 0 Å². The van der Waals surface area contributed by atoms with Gasteiger partial charge in [0.15, 0.2) is 5.65 Å². The van der Waals surface area contributed by atoms with Gasteiger partial charge < -0.3 is 9.84 Å². The quantitative estimate of drug-likeness (QED) is 0.645. The maximum Gasteiger partial charge on any atom is 0.408 e.